The van der Waals surface area contributed by atoms with E-state index in [0.29, 0.717) is 5.92 Å². The summed E-state index contributed by atoms with van der Waals surface area (Å²) in [6.07, 6.45) is 4.78. The van der Waals surface area contributed by atoms with Gasteiger partial charge >= 0.3 is 0 Å². The molecule has 1 amide bonds. The minimum absolute atomic E-state index is 0.0208. The van der Waals surface area contributed by atoms with Crippen molar-refractivity contribution in [1.29, 1.82) is 0 Å². The monoisotopic (exact) mass is 283 g/mol. The highest BCUT2D eigenvalue weighted by molar-refractivity contribution is 5.81. The van der Waals surface area contributed by atoms with Crippen molar-refractivity contribution < 1.29 is 4.79 Å². The van der Waals surface area contributed by atoms with Gasteiger partial charge in [0.15, 0.2) is 0 Å². The van der Waals surface area contributed by atoms with Gasteiger partial charge in [0.2, 0.25) is 5.91 Å². The van der Waals surface area contributed by atoms with Crippen LogP contribution in [0.2, 0.25) is 0 Å². The Balaban J connectivity index is 2.24. The zero-order valence-corrected chi connectivity index (χ0v) is 13.7. The van der Waals surface area contributed by atoms with Crippen LogP contribution < -0.4 is 10.6 Å². The molecule has 4 nitrogen and oxygen atoms in total. The lowest BCUT2D eigenvalue weighted by Gasteiger charge is -2.35. The first kappa shape index (κ1) is 17.4. The van der Waals surface area contributed by atoms with Gasteiger partial charge in [0, 0.05) is 6.54 Å². The Morgan fingerprint density at radius 3 is 2.40 bits per heavy atom. The quantitative estimate of drug-likeness (QED) is 0.714. The zero-order chi connectivity index (χ0) is 15.0. The molecule has 0 spiro atoms. The van der Waals surface area contributed by atoms with E-state index in [2.05, 4.69) is 29.4 Å². The number of piperidine rings is 1. The molecule has 2 N–H and O–H groups in total. The van der Waals surface area contributed by atoms with E-state index >= 15 is 0 Å². The number of amides is 1. The lowest BCUT2D eigenvalue weighted by molar-refractivity contribution is -0.126. The van der Waals surface area contributed by atoms with Crippen LogP contribution in [0, 0.1) is 11.8 Å². The fourth-order valence-electron chi connectivity index (χ4n) is 2.77. The molecule has 0 saturated carbocycles. The first-order valence-electron chi connectivity index (χ1n) is 8.21. The maximum Gasteiger partial charge on any atom is 0.237 e. The molecule has 4 heteroatoms. The van der Waals surface area contributed by atoms with E-state index < -0.39 is 0 Å². The Labute approximate surface area is 124 Å². The number of carbonyl (C=O) groups is 1. The van der Waals surface area contributed by atoms with Crippen LogP contribution in [0.4, 0.5) is 0 Å². The molecule has 1 aliphatic heterocycles. The maximum atomic E-state index is 12.1. The summed E-state index contributed by atoms with van der Waals surface area (Å²) in [6.45, 7) is 10.4. The average Bonchev–Trinajstić information content (AvgIpc) is 2.44. The van der Waals surface area contributed by atoms with E-state index in [9.17, 15) is 4.79 Å². The van der Waals surface area contributed by atoms with E-state index in [4.69, 9.17) is 0 Å². The number of hydrogen-bond acceptors (Lipinski definition) is 3. The standard InChI is InChI=1S/C16H33N3O/c1-13(2)5-10-18-16(20)14(3)19-11-7-15(8-12-19)6-9-17-4/h13-15,17H,5-12H2,1-4H3,(H,18,20). The highest BCUT2D eigenvalue weighted by Gasteiger charge is 2.26. The molecule has 0 bridgehead atoms. The van der Waals surface area contributed by atoms with Crippen LogP contribution in [0.3, 0.4) is 0 Å². The Morgan fingerprint density at radius 1 is 1.20 bits per heavy atom. The number of likely N-dealkylation sites (tertiary alicyclic amines) is 1. The lowest BCUT2D eigenvalue weighted by atomic mass is 9.93. The Bertz CT molecular complexity index is 273. The molecule has 1 heterocycles. The summed E-state index contributed by atoms with van der Waals surface area (Å²) in [5.74, 6) is 1.67. The Hall–Kier alpha value is -0.610. The van der Waals surface area contributed by atoms with Crippen LogP contribution in [0.25, 0.3) is 0 Å². The Morgan fingerprint density at radius 2 is 1.85 bits per heavy atom. The second-order valence-electron chi connectivity index (χ2n) is 6.52. The van der Waals surface area contributed by atoms with Gasteiger partial charge in [0.1, 0.15) is 0 Å². The maximum absolute atomic E-state index is 12.1. The highest BCUT2D eigenvalue weighted by Crippen LogP contribution is 2.21. The number of carbonyl (C=O) groups excluding carboxylic acids is 1. The highest BCUT2D eigenvalue weighted by atomic mass is 16.2. The normalized spacial score (nSPS) is 19.2. The predicted molar refractivity (Wildman–Crippen MR) is 84.8 cm³/mol. The van der Waals surface area contributed by atoms with Crippen molar-refractivity contribution in [3.05, 3.63) is 0 Å². The van der Waals surface area contributed by atoms with Gasteiger partial charge in [0.25, 0.3) is 0 Å². The summed E-state index contributed by atoms with van der Waals surface area (Å²) >= 11 is 0. The molecule has 118 valence electrons. The summed E-state index contributed by atoms with van der Waals surface area (Å²) < 4.78 is 0. The van der Waals surface area contributed by atoms with Gasteiger partial charge in [-0.15, -0.1) is 0 Å². The lowest BCUT2D eigenvalue weighted by Crippen LogP contribution is -2.48. The largest absolute Gasteiger partial charge is 0.355 e. The fourth-order valence-corrected chi connectivity index (χ4v) is 2.77. The molecule has 1 rings (SSSR count). The third-order valence-electron chi connectivity index (χ3n) is 4.40. The minimum atomic E-state index is 0.0208. The predicted octanol–water partition coefficient (Wildman–Crippen LogP) is 1.86. The molecule has 0 aromatic heterocycles. The smallest absolute Gasteiger partial charge is 0.237 e. The van der Waals surface area contributed by atoms with Crippen LogP contribution in [0.5, 0.6) is 0 Å². The van der Waals surface area contributed by atoms with Crippen molar-refractivity contribution in [3.63, 3.8) is 0 Å². The van der Waals surface area contributed by atoms with Gasteiger partial charge < -0.3 is 10.6 Å². The van der Waals surface area contributed by atoms with Crippen molar-refractivity contribution in [2.24, 2.45) is 11.8 Å². The van der Waals surface area contributed by atoms with Crippen molar-refractivity contribution in [1.82, 2.24) is 15.5 Å². The summed E-state index contributed by atoms with van der Waals surface area (Å²) in [5.41, 5.74) is 0. The molecule has 0 aromatic carbocycles. The van der Waals surface area contributed by atoms with Gasteiger partial charge in [-0.25, -0.2) is 0 Å². The SMILES string of the molecule is CNCCC1CCN(C(C)C(=O)NCCC(C)C)CC1. The van der Waals surface area contributed by atoms with E-state index in [1.807, 2.05) is 14.0 Å². The van der Waals surface area contributed by atoms with Crippen LogP contribution in [0.1, 0.15) is 46.5 Å². The second-order valence-corrected chi connectivity index (χ2v) is 6.52. The minimum Gasteiger partial charge on any atom is -0.355 e. The zero-order valence-electron chi connectivity index (χ0n) is 13.7. The van der Waals surface area contributed by atoms with Gasteiger partial charge in [0.05, 0.1) is 6.04 Å². The third-order valence-corrected chi connectivity index (χ3v) is 4.40. The Kier molecular flexibility index (Phi) is 8.15. The molecule has 1 aliphatic rings. The van der Waals surface area contributed by atoms with Gasteiger partial charge in [-0.1, -0.05) is 13.8 Å². The molecule has 1 atom stereocenters. The average molecular weight is 283 g/mol. The molecule has 0 aromatic rings. The van der Waals surface area contributed by atoms with E-state index in [1.165, 1.54) is 19.3 Å². The number of nitrogens with zero attached hydrogens (tertiary/aromatic N) is 1. The number of rotatable bonds is 8. The first-order valence-corrected chi connectivity index (χ1v) is 8.21. The number of nitrogens with one attached hydrogen (secondary N) is 2. The van der Waals surface area contributed by atoms with Crippen LogP contribution in [-0.4, -0.2) is 50.1 Å². The molecule has 0 aliphatic carbocycles. The molecule has 0 radical (unpaired) electrons. The van der Waals surface area contributed by atoms with Gasteiger partial charge in [-0.2, -0.15) is 0 Å². The van der Waals surface area contributed by atoms with Crippen molar-refractivity contribution in [2.45, 2.75) is 52.5 Å². The molecular weight excluding hydrogens is 250 g/mol. The molecule has 1 unspecified atom stereocenters. The van der Waals surface area contributed by atoms with Crippen LogP contribution in [-0.2, 0) is 4.79 Å². The van der Waals surface area contributed by atoms with Gasteiger partial charge in [-0.3, -0.25) is 9.69 Å². The first-order chi connectivity index (χ1) is 9.54. The summed E-state index contributed by atoms with van der Waals surface area (Å²) in [7, 11) is 2.01. The van der Waals surface area contributed by atoms with Crippen molar-refractivity contribution in [3.8, 4) is 0 Å². The second kappa shape index (κ2) is 9.35. The van der Waals surface area contributed by atoms with Crippen molar-refractivity contribution >= 4 is 5.91 Å². The van der Waals surface area contributed by atoms with Gasteiger partial charge in [-0.05, 0) is 71.1 Å². The molecule has 1 saturated heterocycles. The topological polar surface area (TPSA) is 44.4 Å². The van der Waals surface area contributed by atoms with E-state index in [1.54, 1.807) is 0 Å². The summed E-state index contributed by atoms with van der Waals surface area (Å²) in [4.78, 5) is 14.4. The van der Waals surface area contributed by atoms with E-state index in [-0.39, 0.29) is 11.9 Å². The molecule has 1 fully saturated rings. The van der Waals surface area contributed by atoms with E-state index in [0.717, 1.165) is 38.5 Å². The number of hydrogen-bond donors (Lipinski definition) is 2. The third kappa shape index (κ3) is 6.23. The summed E-state index contributed by atoms with van der Waals surface area (Å²) in [6, 6.07) is 0.0208. The molecule has 20 heavy (non-hydrogen) atoms. The fraction of sp³-hybridized carbons (Fsp3) is 0.938. The van der Waals surface area contributed by atoms with Crippen LogP contribution >= 0.6 is 0 Å². The van der Waals surface area contributed by atoms with Crippen LogP contribution in [0.15, 0.2) is 0 Å². The molecular formula is C16H33N3O. The summed E-state index contributed by atoms with van der Waals surface area (Å²) in [5, 5.41) is 6.29. The van der Waals surface area contributed by atoms with Crippen molar-refractivity contribution in [2.75, 3.05) is 33.2 Å².